The maximum atomic E-state index is 14.4. The summed E-state index contributed by atoms with van der Waals surface area (Å²) >= 11 is 0. The van der Waals surface area contributed by atoms with Gasteiger partial charge in [0.15, 0.2) is 6.54 Å². The van der Waals surface area contributed by atoms with Gasteiger partial charge in [0.2, 0.25) is 5.91 Å². The van der Waals surface area contributed by atoms with Crippen LogP contribution in [0.4, 0.5) is 4.39 Å². The molecular formula is C29H51FN7O+. The first-order valence-electron chi connectivity index (χ1n) is 14.7. The van der Waals surface area contributed by atoms with E-state index >= 15 is 0 Å². The standard InChI is InChI=1S/C29H50FN7O/c1-5-8-9-15-36-16-12-25(37-17-14-33-21(37)4)24(20-36)35-28(38)26(27(31)32)23-18-29(6-2,7-3)13-10-11-22(30)19-34-23/h11,16,19,21,23,26-27,33H,5-10,12-15,17-18,20,31-32H2,1-4H3/p+1. The highest BCUT2D eigenvalue weighted by Gasteiger charge is 2.39. The average molecular weight is 533 g/mol. The third-order valence-electron chi connectivity index (χ3n) is 8.86. The Morgan fingerprint density at radius 2 is 2.08 bits per heavy atom. The summed E-state index contributed by atoms with van der Waals surface area (Å²) in [5.74, 6) is -1.36. The molecule has 0 radical (unpaired) electrons. The molecule has 0 aromatic heterocycles. The number of nitrogens with two attached hydrogens (primary N) is 2. The molecule has 3 rings (SSSR count). The van der Waals surface area contributed by atoms with Crippen molar-refractivity contribution in [1.82, 2.24) is 15.5 Å². The molecule has 6 N–H and O–H groups in total. The zero-order valence-electron chi connectivity index (χ0n) is 24.0. The number of nitrogens with zero attached hydrogens (tertiary/aromatic N) is 3. The van der Waals surface area contributed by atoms with Crippen LogP contribution in [0.5, 0.6) is 0 Å². The smallest absolute Gasteiger partial charge is 0.232 e. The Labute approximate surface area is 228 Å². The lowest BCUT2D eigenvalue weighted by Crippen LogP contribution is -2.53. The van der Waals surface area contributed by atoms with E-state index in [1.165, 1.54) is 19.1 Å². The van der Waals surface area contributed by atoms with E-state index in [2.05, 4.69) is 59.0 Å². The van der Waals surface area contributed by atoms with Crippen LogP contribution in [0.25, 0.3) is 0 Å². The number of aliphatic imine (C=N–C) groups is 1. The van der Waals surface area contributed by atoms with Gasteiger partial charge in [-0.15, -0.1) is 0 Å². The molecule has 38 heavy (non-hydrogen) atoms. The fraction of sp³-hybridized carbons (Fsp3) is 0.759. The number of rotatable bonds is 11. The van der Waals surface area contributed by atoms with Crippen molar-refractivity contribution in [3.8, 4) is 0 Å². The molecule has 214 valence electrons. The minimum atomic E-state index is -0.913. The molecule has 0 bridgehead atoms. The monoisotopic (exact) mass is 532 g/mol. The van der Waals surface area contributed by atoms with Crippen LogP contribution in [0.1, 0.15) is 85.5 Å². The van der Waals surface area contributed by atoms with Crippen LogP contribution in [-0.4, -0.2) is 72.4 Å². The second-order valence-corrected chi connectivity index (χ2v) is 11.3. The van der Waals surface area contributed by atoms with Crippen LogP contribution in [0, 0.1) is 11.3 Å². The van der Waals surface area contributed by atoms with E-state index in [-0.39, 0.29) is 23.3 Å². The van der Waals surface area contributed by atoms with Crippen molar-refractivity contribution in [3.63, 3.8) is 0 Å². The summed E-state index contributed by atoms with van der Waals surface area (Å²) in [4.78, 5) is 20.9. The summed E-state index contributed by atoms with van der Waals surface area (Å²) in [6.07, 6.45) is 12.6. The Bertz CT molecular complexity index is 922. The molecule has 9 heteroatoms. The van der Waals surface area contributed by atoms with E-state index in [4.69, 9.17) is 11.5 Å². The van der Waals surface area contributed by atoms with Gasteiger partial charge in [0, 0.05) is 19.5 Å². The molecule has 8 nitrogen and oxygen atoms in total. The number of halogens is 1. The van der Waals surface area contributed by atoms with Gasteiger partial charge >= 0.3 is 0 Å². The summed E-state index contributed by atoms with van der Waals surface area (Å²) in [6, 6.07) is -0.501. The summed E-state index contributed by atoms with van der Waals surface area (Å²) in [7, 11) is 0. The second-order valence-electron chi connectivity index (χ2n) is 11.3. The van der Waals surface area contributed by atoms with Crippen molar-refractivity contribution >= 4 is 18.3 Å². The Kier molecular flexibility index (Phi) is 11.5. The highest BCUT2D eigenvalue weighted by Crippen LogP contribution is 2.40. The number of hydrogen-bond donors (Lipinski definition) is 4. The summed E-state index contributed by atoms with van der Waals surface area (Å²) < 4.78 is 16.7. The van der Waals surface area contributed by atoms with E-state index in [1.54, 1.807) is 6.08 Å². The quantitative estimate of drug-likeness (QED) is 0.185. The first-order valence-corrected chi connectivity index (χ1v) is 14.7. The Morgan fingerprint density at radius 1 is 1.32 bits per heavy atom. The van der Waals surface area contributed by atoms with Gasteiger partial charge in [-0.05, 0) is 44.1 Å². The number of hydrogen-bond acceptors (Lipinski definition) is 6. The first kappa shape index (κ1) is 30.4. The van der Waals surface area contributed by atoms with Gasteiger partial charge in [-0.25, -0.2) is 8.97 Å². The molecule has 3 aliphatic rings. The lowest BCUT2D eigenvalue weighted by Gasteiger charge is -2.37. The van der Waals surface area contributed by atoms with Gasteiger partial charge in [-0.1, -0.05) is 40.0 Å². The van der Waals surface area contributed by atoms with Crippen molar-refractivity contribution in [1.29, 1.82) is 0 Å². The van der Waals surface area contributed by atoms with Crippen LogP contribution >= 0.6 is 0 Å². The zero-order chi connectivity index (χ0) is 27.7. The van der Waals surface area contributed by atoms with Crippen molar-refractivity contribution in [2.75, 3.05) is 26.2 Å². The fourth-order valence-electron chi connectivity index (χ4n) is 6.19. The van der Waals surface area contributed by atoms with Gasteiger partial charge in [-0.3, -0.25) is 15.1 Å². The molecule has 1 saturated heterocycles. The maximum absolute atomic E-state index is 14.4. The molecule has 3 aliphatic heterocycles. The number of carbonyl (C=O) groups excluding carboxylic acids is 1. The highest BCUT2D eigenvalue weighted by molar-refractivity contribution is 5.83. The molecule has 0 aliphatic carbocycles. The number of amides is 1. The van der Waals surface area contributed by atoms with Crippen LogP contribution in [0.15, 0.2) is 28.3 Å². The molecule has 0 spiro atoms. The van der Waals surface area contributed by atoms with Crippen LogP contribution in [0.2, 0.25) is 0 Å². The van der Waals surface area contributed by atoms with Gasteiger partial charge < -0.3 is 21.7 Å². The molecule has 1 fully saturated rings. The fourth-order valence-corrected chi connectivity index (χ4v) is 6.19. The van der Waals surface area contributed by atoms with Crippen LogP contribution < -0.4 is 22.1 Å². The minimum absolute atomic E-state index is 0.0481. The average Bonchev–Trinajstić information content (AvgIpc) is 3.34. The van der Waals surface area contributed by atoms with Crippen molar-refractivity contribution in [3.05, 3.63) is 23.3 Å². The third-order valence-corrected chi connectivity index (χ3v) is 8.86. The van der Waals surface area contributed by atoms with Crippen LogP contribution in [0.3, 0.4) is 0 Å². The molecule has 0 saturated carbocycles. The Morgan fingerprint density at radius 3 is 2.71 bits per heavy atom. The van der Waals surface area contributed by atoms with E-state index in [1.807, 2.05) is 0 Å². The Hall–Kier alpha value is -2.10. The molecular weight excluding hydrogens is 481 g/mol. The molecule has 0 aromatic rings. The van der Waals surface area contributed by atoms with Gasteiger partial charge in [0.1, 0.15) is 24.3 Å². The lowest BCUT2D eigenvalue weighted by atomic mass is 9.71. The van der Waals surface area contributed by atoms with E-state index < -0.39 is 18.1 Å². The molecule has 3 unspecified atom stereocenters. The summed E-state index contributed by atoms with van der Waals surface area (Å²) in [5.41, 5.74) is 14.5. The summed E-state index contributed by atoms with van der Waals surface area (Å²) in [6.45, 7) is 12.1. The van der Waals surface area contributed by atoms with Gasteiger partial charge in [0.25, 0.3) is 0 Å². The predicted molar refractivity (Wildman–Crippen MR) is 154 cm³/mol. The normalized spacial score (nSPS) is 25.0. The first-order chi connectivity index (χ1) is 18.2. The highest BCUT2D eigenvalue weighted by atomic mass is 19.1. The largest absolute Gasteiger partial charge is 0.356 e. The predicted octanol–water partition coefficient (Wildman–Crippen LogP) is 3.39. The number of unbranched alkanes of at least 4 members (excludes halogenated alkanes) is 2. The minimum Gasteiger partial charge on any atom is -0.356 e. The molecule has 1 amide bonds. The topological polar surface area (TPSA) is 112 Å². The van der Waals surface area contributed by atoms with Gasteiger partial charge in [0.05, 0.1) is 42.6 Å². The van der Waals surface area contributed by atoms with E-state index in [9.17, 15) is 9.18 Å². The molecule has 3 atom stereocenters. The lowest BCUT2D eigenvalue weighted by molar-refractivity contribution is -0.519. The summed E-state index contributed by atoms with van der Waals surface area (Å²) in [5, 5.41) is 6.74. The van der Waals surface area contributed by atoms with Crippen molar-refractivity contribution < 1.29 is 13.8 Å². The SMILES string of the molecule is CCCCC[N+]1=CCC(N2CCNC2C)=C(NC(=O)C(C(N)N)C2CC(CC)(CC)CCC=C(F)C=N2)C1. The maximum Gasteiger partial charge on any atom is 0.232 e. The molecule has 3 heterocycles. The third kappa shape index (κ3) is 7.73. The van der Waals surface area contributed by atoms with E-state index in [0.717, 1.165) is 63.1 Å². The zero-order valence-corrected chi connectivity index (χ0v) is 24.0. The molecule has 0 aromatic carbocycles. The van der Waals surface area contributed by atoms with E-state index in [0.29, 0.717) is 19.4 Å². The van der Waals surface area contributed by atoms with Crippen LogP contribution in [-0.2, 0) is 4.79 Å². The van der Waals surface area contributed by atoms with Crippen molar-refractivity contribution in [2.24, 2.45) is 27.8 Å². The van der Waals surface area contributed by atoms with Crippen molar-refractivity contribution in [2.45, 2.75) is 104 Å². The number of allylic oxidation sites excluding steroid dienone is 3. The Balaban J connectivity index is 1.89. The second kappa shape index (κ2) is 14.3. The number of nitrogens with one attached hydrogen (secondary N) is 2. The van der Waals surface area contributed by atoms with Gasteiger partial charge in [-0.2, -0.15) is 0 Å². The number of carbonyl (C=O) groups is 1.